The number of hydrogen-bond acceptors (Lipinski definition) is 4. The molecule has 0 amide bonds. The van der Waals surface area contributed by atoms with Gasteiger partial charge < -0.3 is 9.47 Å². The number of aromatic nitrogens is 1. The van der Waals surface area contributed by atoms with Crippen LogP contribution in [0.3, 0.4) is 0 Å². The molecule has 22 heavy (non-hydrogen) atoms. The lowest BCUT2D eigenvalue weighted by Crippen LogP contribution is -2.10. The van der Waals surface area contributed by atoms with Gasteiger partial charge in [-0.05, 0) is 48.7 Å². The number of carbonyl (C=O) groups is 1. The number of hydrogen-bond donors (Lipinski definition) is 0. The molecule has 0 unspecified atom stereocenters. The zero-order valence-electron chi connectivity index (χ0n) is 12.4. The van der Waals surface area contributed by atoms with Gasteiger partial charge >= 0.3 is 5.97 Å². The number of esters is 1. The van der Waals surface area contributed by atoms with Crippen LogP contribution in [0.2, 0.25) is 0 Å². The van der Waals surface area contributed by atoms with Gasteiger partial charge in [-0.3, -0.25) is 9.78 Å². The van der Waals surface area contributed by atoms with Crippen molar-refractivity contribution in [2.45, 2.75) is 12.8 Å². The van der Waals surface area contributed by atoms with E-state index in [0.717, 1.165) is 24.1 Å². The average Bonchev–Trinajstić information content (AvgIpc) is 3.40. The van der Waals surface area contributed by atoms with E-state index < -0.39 is 0 Å². The first kappa shape index (κ1) is 14.3. The molecule has 1 aromatic carbocycles. The summed E-state index contributed by atoms with van der Waals surface area (Å²) in [4.78, 5) is 16.0. The van der Waals surface area contributed by atoms with Crippen molar-refractivity contribution >= 4 is 18.1 Å². The normalized spacial score (nSPS) is 14.0. The second-order valence-corrected chi connectivity index (χ2v) is 5.19. The van der Waals surface area contributed by atoms with Crippen LogP contribution in [-0.4, -0.2) is 18.1 Å². The third-order valence-corrected chi connectivity index (χ3v) is 3.44. The molecule has 112 valence electrons. The molecule has 0 saturated heterocycles. The lowest BCUT2D eigenvalue weighted by Gasteiger charge is -2.09. The first-order chi connectivity index (χ1) is 10.8. The Morgan fingerprint density at radius 3 is 2.73 bits per heavy atom. The van der Waals surface area contributed by atoms with Gasteiger partial charge in [-0.2, -0.15) is 0 Å². The van der Waals surface area contributed by atoms with Gasteiger partial charge in [-0.25, -0.2) is 0 Å². The molecule has 1 aliphatic rings. The molecule has 4 nitrogen and oxygen atoms in total. The molecule has 1 heterocycles. The highest BCUT2D eigenvalue weighted by atomic mass is 16.6. The van der Waals surface area contributed by atoms with Gasteiger partial charge in [-0.1, -0.05) is 18.2 Å². The Morgan fingerprint density at radius 1 is 1.18 bits per heavy atom. The number of carbonyl (C=O) groups excluding carboxylic acids is 1. The van der Waals surface area contributed by atoms with Crippen molar-refractivity contribution in [1.82, 2.24) is 4.98 Å². The predicted octanol–water partition coefficient (Wildman–Crippen LogP) is 3.58. The van der Waals surface area contributed by atoms with Crippen LogP contribution in [0, 0.1) is 5.92 Å². The summed E-state index contributed by atoms with van der Waals surface area (Å²) in [5, 5.41) is 0. The fourth-order valence-electron chi connectivity index (χ4n) is 2.04. The molecule has 3 rings (SSSR count). The average molecular weight is 295 g/mol. The van der Waals surface area contributed by atoms with E-state index >= 15 is 0 Å². The molecular formula is C18H17NO3. The molecule has 0 radical (unpaired) electrons. The van der Waals surface area contributed by atoms with Gasteiger partial charge in [-0.15, -0.1) is 0 Å². The minimum Gasteiger partial charge on any atom is -0.493 e. The van der Waals surface area contributed by atoms with Crippen LogP contribution in [0.5, 0.6) is 11.5 Å². The number of methoxy groups -OCH3 is 1. The summed E-state index contributed by atoms with van der Waals surface area (Å²) >= 11 is 0. The van der Waals surface area contributed by atoms with E-state index in [9.17, 15) is 4.79 Å². The van der Waals surface area contributed by atoms with Crippen molar-refractivity contribution in [3.05, 3.63) is 53.9 Å². The summed E-state index contributed by atoms with van der Waals surface area (Å²) in [6, 6.07) is 11.2. The topological polar surface area (TPSA) is 48.4 Å². The molecule has 0 N–H and O–H groups in total. The summed E-state index contributed by atoms with van der Waals surface area (Å²) < 4.78 is 10.7. The Hall–Kier alpha value is -2.62. The van der Waals surface area contributed by atoms with Gasteiger partial charge in [0.1, 0.15) is 0 Å². The van der Waals surface area contributed by atoms with Crippen molar-refractivity contribution in [3.8, 4) is 11.5 Å². The molecule has 1 aliphatic carbocycles. The van der Waals surface area contributed by atoms with E-state index in [1.165, 1.54) is 0 Å². The van der Waals surface area contributed by atoms with E-state index in [1.807, 2.05) is 42.5 Å². The van der Waals surface area contributed by atoms with Gasteiger partial charge in [0.25, 0.3) is 0 Å². The zero-order chi connectivity index (χ0) is 15.4. The van der Waals surface area contributed by atoms with Crippen LogP contribution in [0.1, 0.15) is 24.1 Å². The van der Waals surface area contributed by atoms with Gasteiger partial charge in [0.2, 0.25) is 0 Å². The van der Waals surface area contributed by atoms with Crippen LogP contribution in [0.25, 0.3) is 12.2 Å². The molecule has 1 aromatic heterocycles. The van der Waals surface area contributed by atoms with Crippen LogP contribution >= 0.6 is 0 Å². The minimum absolute atomic E-state index is 0.0634. The zero-order valence-corrected chi connectivity index (χ0v) is 12.4. The third-order valence-electron chi connectivity index (χ3n) is 3.44. The lowest BCUT2D eigenvalue weighted by molar-refractivity contribution is -0.135. The van der Waals surface area contributed by atoms with E-state index in [-0.39, 0.29) is 11.9 Å². The quantitative estimate of drug-likeness (QED) is 0.625. The van der Waals surface area contributed by atoms with Gasteiger partial charge in [0.15, 0.2) is 11.5 Å². The maximum atomic E-state index is 11.7. The molecular weight excluding hydrogens is 278 g/mol. The van der Waals surface area contributed by atoms with E-state index in [1.54, 1.807) is 19.4 Å². The van der Waals surface area contributed by atoms with Crippen LogP contribution in [0.15, 0.2) is 42.6 Å². The van der Waals surface area contributed by atoms with E-state index in [0.29, 0.717) is 11.5 Å². The molecule has 0 atom stereocenters. The van der Waals surface area contributed by atoms with Crippen molar-refractivity contribution in [3.63, 3.8) is 0 Å². The van der Waals surface area contributed by atoms with Crippen molar-refractivity contribution in [2.75, 3.05) is 7.11 Å². The second-order valence-electron chi connectivity index (χ2n) is 5.19. The van der Waals surface area contributed by atoms with Crippen molar-refractivity contribution in [2.24, 2.45) is 5.92 Å². The summed E-state index contributed by atoms with van der Waals surface area (Å²) in [5.41, 5.74) is 1.83. The maximum absolute atomic E-state index is 11.7. The Morgan fingerprint density at radius 2 is 2.05 bits per heavy atom. The Balaban J connectivity index is 1.76. The SMILES string of the molecule is COc1cc(/C=C/c2ccccn2)ccc1OC(=O)C1CC1. The predicted molar refractivity (Wildman–Crippen MR) is 84.5 cm³/mol. The summed E-state index contributed by atoms with van der Waals surface area (Å²) in [5.74, 6) is 0.912. The van der Waals surface area contributed by atoms with Gasteiger partial charge in [0.05, 0.1) is 18.7 Å². The summed E-state index contributed by atoms with van der Waals surface area (Å²) in [7, 11) is 1.57. The largest absolute Gasteiger partial charge is 0.493 e. The molecule has 0 bridgehead atoms. The fraction of sp³-hybridized carbons (Fsp3) is 0.222. The molecule has 1 saturated carbocycles. The Kier molecular flexibility index (Phi) is 4.19. The number of benzene rings is 1. The van der Waals surface area contributed by atoms with Crippen LogP contribution in [0.4, 0.5) is 0 Å². The first-order valence-corrected chi connectivity index (χ1v) is 7.25. The fourth-order valence-corrected chi connectivity index (χ4v) is 2.04. The number of ether oxygens (including phenoxy) is 2. The van der Waals surface area contributed by atoms with Crippen molar-refractivity contribution < 1.29 is 14.3 Å². The maximum Gasteiger partial charge on any atom is 0.314 e. The van der Waals surface area contributed by atoms with Gasteiger partial charge in [0, 0.05) is 6.20 Å². The lowest BCUT2D eigenvalue weighted by atomic mass is 10.1. The monoisotopic (exact) mass is 295 g/mol. The highest BCUT2D eigenvalue weighted by molar-refractivity contribution is 5.78. The molecule has 2 aromatic rings. The molecule has 1 fully saturated rings. The van der Waals surface area contributed by atoms with Crippen molar-refractivity contribution in [1.29, 1.82) is 0 Å². The highest BCUT2D eigenvalue weighted by Crippen LogP contribution is 2.34. The minimum atomic E-state index is -0.171. The molecule has 4 heteroatoms. The first-order valence-electron chi connectivity index (χ1n) is 7.25. The highest BCUT2D eigenvalue weighted by Gasteiger charge is 2.32. The number of nitrogens with zero attached hydrogens (tertiary/aromatic N) is 1. The van der Waals surface area contributed by atoms with Crippen LogP contribution in [-0.2, 0) is 4.79 Å². The summed E-state index contributed by atoms with van der Waals surface area (Å²) in [6.45, 7) is 0. The standard InChI is InChI=1S/C18H17NO3/c1-21-17-12-13(5-9-15-4-2-3-11-19-15)6-10-16(17)22-18(20)14-7-8-14/h2-6,9-12,14H,7-8H2,1H3/b9-5+. The third kappa shape index (κ3) is 3.52. The molecule has 0 aliphatic heterocycles. The van der Waals surface area contributed by atoms with Crippen LogP contribution < -0.4 is 9.47 Å². The smallest absolute Gasteiger partial charge is 0.314 e. The second kappa shape index (κ2) is 6.43. The van der Waals surface area contributed by atoms with E-state index in [4.69, 9.17) is 9.47 Å². The Bertz CT molecular complexity index is 691. The number of pyridine rings is 1. The molecule has 0 spiro atoms. The van der Waals surface area contributed by atoms with E-state index in [2.05, 4.69) is 4.98 Å². The summed E-state index contributed by atoms with van der Waals surface area (Å²) in [6.07, 6.45) is 7.46. The Labute approximate surface area is 129 Å². The number of rotatable bonds is 5.